The van der Waals surface area contributed by atoms with Gasteiger partial charge in [0, 0.05) is 31.6 Å². The van der Waals surface area contributed by atoms with Crippen LogP contribution in [0.5, 0.6) is 0 Å². The van der Waals surface area contributed by atoms with Crippen LogP contribution in [0, 0.1) is 5.41 Å². The summed E-state index contributed by atoms with van der Waals surface area (Å²) in [6, 6.07) is 7.14. The maximum Gasteiger partial charge on any atom is 0.225 e. The van der Waals surface area contributed by atoms with Crippen LogP contribution in [0.1, 0.15) is 37.0 Å². The molecule has 1 aliphatic rings. The first-order valence-corrected chi connectivity index (χ1v) is 8.56. The molecular formula is C19H29N3O2. The molecule has 1 saturated heterocycles. The summed E-state index contributed by atoms with van der Waals surface area (Å²) in [6.07, 6.45) is 1.63. The fourth-order valence-corrected chi connectivity index (χ4v) is 3.53. The number of amides is 1. The van der Waals surface area contributed by atoms with E-state index in [-0.39, 0.29) is 11.7 Å². The zero-order chi connectivity index (χ0) is 17.7. The molecule has 0 bridgehead atoms. The van der Waals surface area contributed by atoms with E-state index >= 15 is 0 Å². The first-order valence-electron chi connectivity index (χ1n) is 8.56. The fraction of sp³-hybridized carbons (Fsp3) is 0.579. The fourth-order valence-electron chi connectivity index (χ4n) is 3.53. The third kappa shape index (κ3) is 5.14. The Labute approximate surface area is 145 Å². The Balaban J connectivity index is 1.82. The molecule has 1 unspecified atom stereocenters. The van der Waals surface area contributed by atoms with E-state index in [4.69, 9.17) is 0 Å². The highest BCUT2D eigenvalue weighted by molar-refractivity contribution is 6.03. The van der Waals surface area contributed by atoms with Crippen LogP contribution < -0.4 is 5.32 Å². The van der Waals surface area contributed by atoms with Crippen molar-refractivity contribution in [1.29, 1.82) is 0 Å². The lowest BCUT2D eigenvalue weighted by atomic mass is 9.89. The van der Waals surface area contributed by atoms with Gasteiger partial charge >= 0.3 is 0 Å². The molecule has 1 aromatic carbocycles. The monoisotopic (exact) mass is 331 g/mol. The predicted octanol–water partition coefficient (Wildman–Crippen LogP) is 2.49. The molecule has 5 nitrogen and oxygen atoms in total. The zero-order valence-electron chi connectivity index (χ0n) is 15.3. The summed E-state index contributed by atoms with van der Waals surface area (Å²) in [5.41, 5.74) is 1.46. The standard InChI is InChI=1S/C19H29N3O2/c1-15(23)16-7-5-6-8-17(16)20-18(24)9-11-21(3)13-19(2)10-12-22(4)14-19/h5-8H,9-14H2,1-4H3,(H,20,24). The number of likely N-dealkylation sites (tertiary alicyclic amines) is 1. The summed E-state index contributed by atoms with van der Waals surface area (Å²) in [4.78, 5) is 28.4. The second-order valence-electron chi connectivity index (χ2n) is 7.44. The van der Waals surface area contributed by atoms with Gasteiger partial charge in [-0.2, -0.15) is 0 Å². The van der Waals surface area contributed by atoms with Crippen LogP contribution in [-0.4, -0.2) is 61.8 Å². The van der Waals surface area contributed by atoms with Crippen LogP contribution in [0.2, 0.25) is 0 Å². The number of benzene rings is 1. The zero-order valence-corrected chi connectivity index (χ0v) is 15.3. The number of Topliss-reactive ketones (excluding diaryl/α,β-unsaturated/α-hetero) is 1. The van der Waals surface area contributed by atoms with Crippen LogP contribution in [0.3, 0.4) is 0 Å². The number of rotatable bonds is 7. The minimum Gasteiger partial charge on any atom is -0.325 e. The van der Waals surface area contributed by atoms with Gasteiger partial charge in [-0.25, -0.2) is 0 Å². The number of ketones is 1. The highest BCUT2D eigenvalue weighted by atomic mass is 16.1. The minimum atomic E-state index is -0.0516. The van der Waals surface area contributed by atoms with Gasteiger partial charge in [0.1, 0.15) is 0 Å². The molecule has 1 amide bonds. The quantitative estimate of drug-likeness (QED) is 0.780. The average molecular weight is 331 g/mol. The molecule has 2 rings (SSSR count). The molecule has 132 valence electrons. The Bertz CT molecular complexity index is 602. The summed E-state index contributed by atoms with van der Waals surface area (Å²) in [6.45, 7) is 7.79. The minimum absolute atomic E-state index is 0.0405. The Morgan fingerprint density at radius 1 is 1.33 bits per heavy atom. The molecule has 1 aromatic rings. The summed E-state index contributed by atoms with van der Waals surface area (Å²) in [5, 5.41) is 2.86. The second kappa shape index (κ2) is 7.90. The van der Waals surface area contributed by atoms with Gasteiger partial charge in [0.05, 0.1) is 5.69 Å². The average Bonchev–Trinajstić information content (AvgIpc) is 2.84. The van der Waals surface area contributed by atoms with Crippen LogP contribution in [0.25, 0.3) is 0 Å². The molecule has 0 aromatic heterocycles. The van der Waals surface area contributed by atoms with Crippen molar-refractivity contribution in [1.82, 2.24) is 9.80 Å². The number of hydrogen-bond acceptors (Lipinski definition) is 4. The molecular weight excluding hydrogens is 302 g/mol. The summed E-state index contributed by atoms with van der Waals surface area (Å²) < 4.78 is 0. The van der Waals surface area contributed by atoms with Gasteiger partial charge in [0.25, 0.3) is 0 Å². The number of para-hydroxylation sites is 1. The van der Waals surface area contributed by atoms with Crippen molar-refractivity contribution in [3.05, 3.63) is 29.8 Å². The molecule has 1 fully saturated rings. The van der Waals surface area contributed by atoms with Gasteiger partial charge < -0.3 is 15.1 Å². The van der Waals surface area contributed by atoms with Crippen LogP contribution in [-0.2, 0) is 4.79 Å². The second-order valence-corrected chi connectivity index (χ2v) is 7.44. The topological polar surface area (TPSA) is 52.7 Å². The summed E-state index contributed by atoms with van der Waals surface area (Å²) in [5.74, 6) is -0.0921. The van der Waals surface area contributed by atoms with E-state index in [0.717, 1.165) is 19.6 Å². The molecule has 0 saturated carbocycles. The lowest BCUT2D eigenvalue weighted by Gasteiger charge is -2.29. The van der Waals surface area contributed by atoms with E-state index in [1.54, 1.807) is 18.2 Å². The van der Waals surface area contributed by atoms with Crippen LogP contribution in [0.4, 0.5) is 5.69 Å². The molecule has 5 heteroatoms. The smallest absolute Gasteiger partial charge is 0.225 e. The van der Waals surface area contributed by atoms with E-state index in [0.29, 0.717) is 29.6 Å². The number of carbonyl (C=O) groups excluding carboxylic acids is 2. The predicted molar refractivity (Wildman–Crippen MR) is 97.4 cm³/mol. The van der Waals surface area contributed by atoms with Crippen molar-refractivity contribution in [2.24, 2.45) is 5.41 Å². The third-order valence-electron chi connectivity index (χ3n) is 4.70. The largest absolute Gasteiger partial charge is 0.325 e. The maximum absolute atomic E-state index is 12.2. The van der Waals surface area contributed by atoms with Gasteiger partial charge in [0.2, 0.25) is 5.91 Å². The van der Waals surface area contributed by atoms with E-state index in [9.17, 15) is 9.59 Å². The Morgan fingerprint density at radius 2 is 2.04 bits per heavy atom. The summed E-state index contributed by atoms with van der Waals surface area (Å²) >= 11 is 0. The van der Waals surface area contributed by atoms with E-state index in [1.807, 2.05) is 6.07 Å². The first-order chi connectivity index (χ1) is 11.3. The molecule has 0 radical (unpaired) electrons. The van der Waals surface area contributed by atoms with Crippen molar-refractivity contribution in [2.45, 2.75) is 26.7 Å². The number of anilines is 1. The lowest BCUT2D eigenvalue weighted by molar-refractivity contribution is -0.116. The van der Waals surface area contributed by atoms with Crippen LogP contribution >= 0.6 is 0 Å². The Morgan fingerprint density at radius 3 is 2.67 bits per heavy atom. The Kier molecular flexibility index (Phi) is 6.13. The van der Waals surface area contributed by atoms with Crippen molar-refractivity contribution in [2.75, 3.05) is 45.6 Å². The van der Waals surface area contributed by atoms with Gasteiger partial charge in [-0.15, -0.1) is 0 Å². The molecule has 1 aliphatic heterocycles. The number of carbonyl (C=O) groups is 2. The van der Waals surface area contributed by atoms with Crippen molar-refractivity contribution in [3.8, 4) is 0 Å². The molecule has 1 atom stereocenters. The van der Waals surface area contributed by atoms with Gasteiger partial charge in [-0.05, 0) is 51.5 Å². The molecule has 0 aliphatic carbocycles. The van der Waals surface area contributed by atoms with Gasteiger partial charge in [-0.3, -0.25) is 9.59 Å². The molecule has 1 N–H and O–H groups in total. The highest BCUT2D eigenvalue weighted by Gasteiger charge is 2.32. The van der Waals surface area contributed by atoms with Crippen molar-refractivity contribution >= 4 is 17.4 Å². The van der Waals surface area contributed by atoms with E-state index in [2.05, 4.69) is 36.1 Å². The van der Waals surface area contributed by atoms with Crippen molar-refractivity contribution in [3.63, 3.8) is 0 Å². The van der Waals surface area contributed by atoms with E-state index in [1.165, 1.54) is 13.3 Å². The van der Waals surface area contributed by atoms with Crippen LogP contribution in [0.15, 0.2) is 24.3 Å². The SMILES string of the molecule is CC(=O)c1ccccc1NC(=O)CCN(C)CC1(C)CCN(C)C1. The molecule has 1 heterocycles. The Hall–Kier alpha value is -1.72. The maximum atomic E-state index is 12.2. The van der Waals surface area contributed by atoms with Crippen molar-refractivity contribution < 1.29 is 9.59 Å². The lowest BCUT2D eigenvalue weighted by Crippen LogP contribution is -2.36. The van der Waals surface area contributed by atoms with Gasteiger partial charge in [-0.1, -0.05) is 19.1 Å². The highest BCUT2D eigenvalue weighted by Crippen LogP contribution is 2.29. The number of nitrogens with one attached hydrogen (secondary N) is 1. The molecule has 24 heavy (non-hydrogen) atoms. The summed E-state index contributed by atoms with van der Waals surface area (Å²) in [7, 11) is 4.23. The number of hydrogen-bond donors (Lipinski definition) is 1. The molecule has 0 spiro atoms. The first kappa shape index (κ1) is 18.6. The number of nitrogens with zero attached hydrogens (tertiary/aromatic N) is 2. The van der Waals surface area contributed by atoms with E-state index < -0.39 is 0 Å². The van der Waals surface area contributed by atoms with Gasteiger partial charge in [0.15, 0.2) is 5.78 Å². The third-order valence-corrected chi connectivity index (χ3v) is 4.70. The normalized spacial score (nSPS) is 21.2.